The average molecular weight is 417 g/mol. The van der Waals surface area contributed by atoms with E-state index in [2.05, 4.69) is 24.3 Å². The van der Waals surface area contributed by atoms with E-state index >= 15 is 0 Å². The lowest BCUT2D eigenvalue weighted by Crippen LogP contribution is -2.20. The predicted molar refractivity (Wildman–Crippen MR) is 104 cm³/mol. The van der Waals surface area contributed by atoms with Crippen LogP contribution < -0.4 is 15.9 Å². The number of hydrogen-bond donors (Lipinski definition) is 0. The lowest BCUT2D eigenvalue weighted by atomic mass is 10.3. The molecule has 0 nitrogen and oxygen atoms in total. The highest BCUT2D eigenvalue weighted by Gasteiger charge is 2.17. The van der Waals surface area contributed by atoms with Gasteiger partial charge in [-0.3, -0.25) is 0 Å². The molecule has 4 heteroatoms. The quantitative estimate of drug-likeness (QED) is 0.346. The Bertz CT molecular complexity index is 695. The lowest BCUT2D eigenvalue weighted by Gasteiger charge is -2.19. The van der Waals surface area contributed by atoms with Crippen LogP contribution in [0.1, 0.15) is 0 Å². The third-order valence-corrected chi connectivity index (χ3v) is 6.49. The molecule has 107 valence electrons. The molecule has 0 heterocycles. The fourth-order valence-electron chi connectivity index (χ4n) is 2.23. The molecule has 0 aliphatic carbocycles. The molecule has 0 atom stereocenters. The molecule has 3 aromatic carbocycles. The van der Waals surface area contributed by atoms with Gasteiger partial charge in [0.15, 0.2) is 0 Å². The summed E-state index contributed by atoms with van der Waals surface area (Å²) in [6.45, 7) is 0. The summed E-state index contributed by atoms with van der Waals surface area (Å²) in [6.07, 6.45) is 0. The molecule has 0 unspecified atom stereocenters. The molecule has 0 aromatic heterocycles. The molecule has 22 heavy (non-hydrogen) atoms. The first kappa shape index (κ1) is 17.2. The zero-order valence-electron chi connectivity index (χ0n) is 11.8. The Hall–Kier alpha value is -1.19. The Kier molecular flexibility index (Phi) is 6.16. The molecule has 0 saturated heterocycles. The maximum absolute atomic E-state index is 14.0. The summed E-state index contributed by atoms with van der Waals surface area (Å²) in [6, 6.07) is 26.2. The highest BCUT2D eigenvalue weighted by Crippen LogP contribution is 2.33. The van der Waals surface area contributed by atoms with E-state index in [1.54, 1.807) is 6.07 Å². The van der Waals surface area contributed by atoms with Crippen LogP contribution in [0.25, 0.3) is 0 Å². The first-order chi connectivity index (χ1) is 10.3. The molecule has 0 aliphatic rings. The minimum absolute atomic E-state index is 0. The van der Waals surface area contributed by atoms with Crippen LogP contribution in [0.4, 0.5) is 4.39 Å². The molecule has 0 spiro atoms. The van der Waals surface area contributed by atoms with E-state index < -0.39 is 7.92 Å². The van der Waals surface area contributed by atoms with Crippen molar-refractivity contribution in [1.82, 2.24) is 0 Å². The van der Waals surface area contributed by atoms with Crippen LogP contribution in [0.15, 0.2) is 78.9 Å². The van der Waals surface area contributed by atoms with Crippen LogP contribution >= 0.6 is 30.5 Å². The molecule has 0 N–H and O–H groups in total. The van der Waals surface area contributed by atoms with Gasteiger partial charge in [-0.15, -0.1) is 0 Å². The molecular weight excluding hydrogens is 404 g/mol. The molecule has 0 fully saturated rings. The Morgan fingerprint density at radius 1 is 0.682 bits per heavy atom. The van der Waals surface area contributed by atoms with Crippen molar-refractivity contribution in [3.8, 4) is 0 Å². The summed E-state index contributed by atoms with van der Waals surface area (Å²) >= 11 is 2.03. The van der Waals surface area contributed by atoms with E-state index in [1.807, 2.05) is 71.1 Å². The Balaban J connectivity index is 0.00000176. The fraction of sp³-hybridized carbons (Fsp3) is 0. The van der Waals surface area contributed by atoms with Gasteiger partial charge >= 0.3 is 0 Å². The first-order valence-electron chi connectivity index (χ1n) is 6.61. The number of benzene rings is 3. The van der Waals surface area contributed by atoms with Gasteiger partial charge in [-0.2, -0.15) is 0 Å². The zero-order chi connectivity index (χ0) is 14.7. The normalized spacial score (nSPS) is 10.3. The molecule has 3 rings (SSSR count). The van der Waals surface area contributed by atoms with Crippen LogP contribution in [0.5, 0.6) is 0 Å². The second kappa shape index (κ2) is 7.89. The smallest absolute Gasteiger partial charge is 0.137 e. The van der Waals surface area contributed by atoms with Crippen LogP contribution in [0, 0.1) is 9.39 Å². The maximum Gasteiger partial charge on any atom is 0.137 e. The number of rotatable bonds is 3. The number of halogens is 2. The van der Waals surface area contributed by atoms with E-state index in [0.717, 1.165) is 5.30 Å². The lowest BCUT2D eigenvalue weighted by molar-refractivity contribution is 0.621. The minimum atomic E-state index is -0.718. The Morgan fingerprint density at radius 3 is 1.64 bits per heavy atom. The summed E-state index contributed by atoms with van der Waals surface area (Å²) < 4.78 is 14.6. The van der Waals surface area contributed by atoms with Crippen molar-refractivity contribution in [2.45, 2.75) is 0 Å². The predicted octanol–water partition coefficient (Wildman–Crippen LogP) is 3.81. The molecule has 0 saturated carbocycles. The molecule has 0 bridgehead atoms. The molecule has 0 aliphatic heterocycles. The highest BCUT2D eigenvalue weighted by molar-refractivity contribution is 14.1. The van der Waals surface area contributed by atoms with E-state index in [9.17, 15) is 4.39 Å². The van der Waals surface area contributed by atoms with Crippen LogP contribution in [0.2, 0.25) is 0 Å². The number of hydrogen-bond acceptors (Lipinski definition) is 0. The fourth-order valence-corrected chi connectivity index (χ4v) is 4.86. The second-order valence-electron chi connectivity index (χ2n) is 4.60. The first-order valence-corrected chi connectivity index (χ1v) is 9.03. The largest absolute Gasteiger partial charge is 0.206 e. The van der Waals surface area contributed by atoms with Crippen LogP contribution in [-0.4, -0.2) is 8.41 Å². The van der Waals surface area contributed by atoms with Gasteiger partial charge in [0.25, 0.3) is 0 Å². The summed E-state index contributed by atoms with van der Waals surface area (Å²) in [7, 11) is -0.718. The Morgan fingerprint density at radius 2 is 1.18 bits per heavy atom. The summed E-state index contributed by atoms with van der Waals surface area (Å²) in [4.78, 5) is 0. The van der Waals surface area contributed by atoms with Crippen molar-refractivity contribution in [2.75, 3.05) is 0 Å². The Labute approximate surface area is 147 Å². The average Bonchev–Trinajstić information content (AvgIpc) is 2.53. The van der Waals surface area contributed by atoms with E-state index in [1.165, 1.54) is 10.6 Å². The van der Waals surface area contributed by atoms with Crippen molar-refractivity contribution >= 4 is 54.8 Å². The zero-order valence-corrected chi connectivity index (χ0v) is 14.8. The monoisotopic (exact) mass is 417 g/mol. The van der Waals surface area contributed by atoms with Crippen molar-refractivity contribution in [2.24, 2.45) is 0 Å². The molecule has 3 aromatic rings. The minimum Gasteiger partial charge on any atom is -0.206 e. The maximum atomic E-state index is 14.0. The van der Waals surface area contributed by atoms with Gasteiger partial charge in [0.05, 0.1) is 0 Å². The summed E-state index contributed by atoms with van der Waals surface area (Å²) in [5.74, 6) is -0.146. The molecule has 3 radical (unpaired) electrons. The van der Waals surface area contributed by atoms with Gasteiger partial charge in [-0.25, -0.2) is 4.39 Å². The van der Waals surface area contributed by atoms with E-state index in [0.29, 0.717) is 3.57 Å². The van der Waals surface area contributed by atoms with Crippen LogP contribution in [-0.2, 0) is 0 Å². The molecule has 0 amide bonds. The van der Waals surface area contributed by atoms with E-state index in [4.69, 9.17) is 0 Å². The standard InChI is InChI=1S/C18H13FIP.B/c19-17-13-16(11-12-18(17)20)21(14-7-3-1-4-8-14)15-9-5-2-6-10-15;/h1-13H;. The van der Waals surface area contributed by atoms with Gasteiger partial charge < -0.3 is 0 Å². The highest BCUT2D eigenvalue weighted by atomic mass is 127. The third kappa shape index (κ3) is 3.77. The van der Waals surface area contributed by atoms with Gasteiger partial charge in [-0.05, 0) is 58.6 Å². The van der Waals surface area contributed by atoms with Gasteiger partial charge in [0.2, 0.25) is 0 Å². The van der Waals surface area contributed by atoms with Gasteiger partial charge in [-0.1, -0.05) is 66.7 Å². The van der Waals surface area contributed by atoms with Crippen molar-refractivity contribution in [3.63, 3.8) is 0 Å². The van der Waals surface area contributed by atoms with Crippen LogP contribution in [0.3, 0.4) is 0 Å². The van der Waals surface area contributed by atoms with Crippen molar-refractivity contribution in [3.05, 3.63) is 88.3 Å². The SMILES string of the molecule is Fc1cc(P(c2ccccc2)c2ccccc2)ccc1I.[B]. The topological polar surface area (TPSA) is 0 Å². The van der Waals surface area contributed by atoms with E-state index in [-0.39, 0.29) is 14.2 Å². The molecular formula is C18H13BFIP. The van der Waals surface area contributed by atoms with Crippen molar-refractivity contribution in [1.29, 1.82) is 0 Å². The second-order valence-corrected chi connectivity index (χ2v) is 7.99. The summed E-state index contributed by atoms with van der Waals surface area (Å²) in [5.41, 5.74) is 0. The summed E-state index contributed by atoms with van der Waals surface area (Å²) in [5, 5.41) is 3.51. The van der Waals surface area contributed by atoms with Gasteiger partial charge in [0.1, 0.15) is 5.82 Å². The van der Waals surface area contributed by atoms with Gasteiger partial charge in [0, 0.05) is 12.0 Å². The third-order valence-electron chi connectivity index (χ3n) is 3.19. The van der Waals surface area contributed by atoms with Crippen molar-refractivity contribution < 1.29 is 4.39 Å².